The Balaban J connectivity index is 1.54. The van der Waals surface area contributed by atoms with Crippen LogP contribution >= 0.6 is 0 Å². The van der Waals surface area contributed by atoms with Gasteiger partial charge in [0.1, 0.15) is 6.29 Å². The normalized spacial score (nSPS) is 21.2. The van der Waals surface area contributed by atoms with Crippen LogP contribution < -0.4 is 0 Å². The van der Waals surface area contributed by atoms with Crippen LogP contribution in [0.5, 0.6) is 0 Å². The maximum atomic E-state index is 10.3. The van der Waals surface area contributed by atoms with Crippen molar-refractivity contribution >= 4 is 6.29 Å². The molecule has 24 heavy (non-hydrogen) atoms. The average molecular weight is 327 g/mol. The summed E-state index contributed by atoms with van der Waals surface area (Å²) in [5, 5.41) is 0. The van der Waals surface area contributed by atoms with Gasteiger partial charge >= 0.3 is 0 Å². The van der Waals surface area contributed by atoms with Crippen molar-refractivity contribution in [2.75, 3.05) is 0 Å². The molecule has 1 nitrogen and oxygen atoms in total. The Morgan fingerprint density at radius 1 is 0.917 bits per heavy atom. The molecule has 1 aliphatic carbocycles. The van der Waals surface area contributed by atoms with E-state index in [1.807, 2.05) is 6.08 Å². The number of hydrogen-bond donors (Lipinski definition) is 0. The fraction of sp³-hybridized carbons (Fsp3) is 0.609. The number of carbonyl (C=O) groups is 1. The molecule has 0 aliphatic heterocycles. The van der Waals surface area contributed by atoms with Crippen LogP contribution in [0.3, 0.4) is 0 Å². The van der Waals surface area contributed by atoms with Crippen LogP contribution in [-0.2, 0) is 17.6 Å². The van der Waals surface area contributed by atoms with Crippen LogP contribution in [0.15, 0.2) is 36.4 Å². The van der Waals surface area contributed by atoms with Crippen LogP contribution in [0, 0.1) is 11.8 Å². The molecule has 0 amide bonds. The first-order valence-corrected chi connectivity index (χ1v) is 10.00. The first-order chi connectivity index (χ1) is 11.8. The molecular formula is C23H34O. The van der Waals surface area contributed by atoms with Gasteiger partial charge in [-0.3, -0.25) is 4.79 Å². The number of hydrogen-bond acceptors (Lipinski definition) is 1. The van der Waals surface area contributed by atoms with Crippen molar-refractivity contribution in [3.05, 3.63) is 47.5 Å². The highest BCUT2D eigenvalue weighted by Crippen LogP contribution is 2.34. The monoisotopic (exact) mass is 326 g/mol. The maximum Gasteiger partial charge on any atom is 0.142 e. The van der Waals surface area contributed by atoms with E-state index in [1.54, 1.807) is 6.08 Å². The molecule has 0 N–H and O–H groups in total. The third kappa shape index (κ3) is 7.03. The van der Waals surface area contributed by atoms with Gasteiger partial charge in [-0.15, -0.1) is 0 Å². The zero-order valence-electron chi connectivity index (χ0n) is 15.4. The van der Waals surface area contributed by atoms with Crippen molar-refractivity contribution in [1.82, 2.24) is 0 Å². The Bertz CT molecular complexity index is 477. The smallest absolute Gasteiger partial charge is 0.142 e. The number of aryl methyl sites for hydroxylation is 2. The summed E-state index contributed by atoms with van der Waals surface area (Å²) >= 11 is 0. The van der Waals surface area contributed by atoms with Crippen molar-refractivity contribution in [3.63, 3.8) is 0 Å². The highest BCUT2D eigenvalue weighted by molar-refractivity contribution is 5.64. The highest BCUT2D eigenvalue weighted by atomic mass is 16.1. The molecule has 0 atom stereocenters. The summed E-state index contributed by atoms with van der Waals surface area (Å²) in [6.07, 6.45) is 19.0. The Morgan fingerprint density at radius 2 is 1.54 bits per heavy atom. The minimum absolute atomic E-state index is 0.884. The number of carbonyl (C=O) groups excluding carboxylic acids is 1. The number of unbranched alkanes of at least 4 members (excludes halogenated alkanes) is 1. The van der Waals surface area contributed by atoms with Gasteiger partial charge in [0.25, 0.3) is 0 Å². The van der Waals surface area contributed by atoms with Gasteiger partial charge in [0.15, 0.2) is 0 Å². The van der Waals surface area contributed by atoms with Gasteiger partial charge in [-0.1, -0.05) is 75.8 Å². The fourth-order valence-corrected chi connectivity index (χ4v) is 4.00. The van der Waals surface area contributed by atoms with E-state index < -0.39 is 0 Å². The van der Waals surface area contributed by atoms with Crippen LogP contribution in [0.2, 0.25) is 0 Å². The zero-order chi connectivity index (χ0) is 17.0. The lowest BCUT2D eigenvalue weighted by atomic mass is 9.78. The molecule has 132 valence electrons. The van der Waals surface area contributed by atoms with Gasteiger partial charge in [-0.05, 0) is 61.1 Å². The van der Waals surface area contributed by atoms with Gasteiger partial charge in [0.05, 0.1) is 0 Å². The van der Waals surface area contributed by atoms with Crippen molar-refractivity contribution in [2.45, 2.75) is 77.6 Å². The second-order valence-electron chi connectivity index (χ2n) is 7.44. The van der Waals surface area contributed by atoms with E-state index in [4.69, 9.17) is 0 Å². The van der Waals surface area contributed by atoms with Gasteiger partial charge in [-0.2, -0.15) is 0 Å². The predicted molar refractivity (Wildman–Crippen MR) is 103 cm³/mol. The number of rotatable bonds is 10. The first-order valence-electron chi connectivity index (χ1n) is 10.00. The molecule has 0 saturated heterocycles. The maximum absolute atomic E-state index is 10.3. The molecule has 1 heteroatoms. The first kappa shape index (κ1) is 19.0. The molecule has 0 radical (unpaired) electrons. The lowest BCUT2D eigenvalue weighted by Gasteiger charge is -2.28. The molecule has 0 unspecified atom stereocenters. The summed E-state index contributed by atoms with van der Waals surface area (Å²) in [5.74, 6) is 1.86. The minimum atomic E-state index is 0.884. The molecule has 0 aromatic heterocycles. The zero-order valence-corrected chi connectivity index (χ0v) is 15.4. The Hall–Kier alpha value is -1.37. The van der Waals surface area contributed by atoms with E-state index in [0.717, 1.165) is 31.0 Å². The van der Waals surface area contributed by atoms with Crippen LogP contribution in [0.1, 0.15) is 75.8 Å². The molecular weight excluding hydrogens is 292 g/mol. The van der Waals surface area contributed by atoms with Gasteiger partial charge in [0.2, 0.25) is 0 Å². The molecule has 0 spiro atoms. The van der Waals surface area contributed by atoms with E-state index in [1.165, 1.54) is 68.9 Å². The van der Waals surface area contributed by atoms with E-state index >= 15 is 0 Å². The molecule has 0 bridgehead atoms. The fourth-order valence-electron chi connectivity index (χ4n) is 4.00. The molecule has 0 heterocycles. The molecule has 1 saturated carbocycles. The molecule has 1 aromatic carbocycles. The van der Waals surface area contributed by atoms with Crippen LogP contribution in [-0.4, -0.2) is 6.29 Å². The summed E-state index contributed by atoms with van der Waals surface area (Å²) in [6.45, 7) is 2.21. The lowest BCUT2D eigenvalue weighted by molar-refractivity contribution is -0.104. The van der Waals surface area contributed by atoms with Crippen molar-refractivity contribution in [3.8, 4) is 0 Å². The molecule has 1 fully saturated rings. The topological polar surface area (TPSA) is 17.1 Å². The summed E-state index contributed by atoms with van der Waals surface area (Å²) in [5.41, 5.74) is 2.94. The van der Waals surface area contributed by atoms with Crippen LogP contribution in [0.4, 0.5) is 0 Å². The van der Waals surface area contributed by atoms with Crippen molar-refractivity contribution in [2.24, 2.45) is 11.8 Å². The SMILES string of the molecule is CCc1ccc(CCCC[C@H]2CC[C@H](CCC=CC=O)CC2)cc1. The average Bonchev–Trinajstić information content (AvgIpc) is 2.64. The van der Waals surface area contributed by atoms with Gasteiger partial charge < -0.3 is 0 Å². The van der Waals surface area contributed by atoms with Gasteiger partial charge in [-0.25, -0.2) is 0 Å². The highest BCUT2D eigenvalue weighted by Gasteiger charge is 2.20. The summed E-state index contributed by atoms with van der Waals surface area (Å²) in [6, 6.07) is 9.17. The largest absolute Gasteiger partial charge is 0.299 e. The molecule has 1 aliphatic rings. The van der Waals surface area contributed by atoms with E-state index in [0.29, 0.717) is 0 Å². The van der Waals surface area contributed by atoms with Crippen molar-refractivity contribution < 1.29 is 4.79 Å². The lowest BCUT2D eigenvalue weighted by Crippen LogP contribution is -2.14. The summed E-state index contributed by atoms with van der Waals surface area (Å²) < 4.78 is 0. The third-order valence-corrected chi connectivity index (χ3v) is 5.68. The molecule has 2 rings (SSSR count). The molecule has 1 aromatic rings. The predicted octanol–water partition coefficient (Wildman–Crippen LogP) is 6.30. The number of aldehydes is 1. The minimum Gasteiger partial charge on any atom is -0.299 e. The Kier molecular flexibility index (Phi) is 8.87. The second-order valence-corrected chi connectivity index (χ2v) is 7.44. The second kappa shape index (κ2) is 11.2. The van der Waals surface area contributed by atoms with E-state index in [-0.39, 0.29) is 0 Å². The van der Waals surface area contributed by atoms with E-state index in [9.17, 15) is 4.79 Å². The summed E-state index contributed by atoms with van der Waals surface area (Å²) in [4.78, 5) is 10.3. The standard InChI is InChI=1S/C23H34O/c1-2-20-11-13-22(14-12-20)9-5-6-10-23-17-15-21(16-18-23)8-4-3-7-19-24/h3,7,11-14,19,21,23H,2,4-6,8-10,15-18H2,1H3/t21-,23-. The van der Waals surface area contributed by atoms with Crippen LogP contribution in [0.25, 0.3) is 0 Å². The number of benzene rings is 1. The Morgan fingerprint density at radius 3 is 2.17 bits per heavy atom. The quantitative estimate of drug-likeness (QED) is 0.280. The third-order valence-electron chi connectivity index (χ3n) is 5.68. The van der Waals surface area contributed by atoms with Gasteiger partial charge in [0, 0.05) is 0 Å². The summed E-state index contributed by atoms with van der Waals surface area (Å²) in [7, 11) is 0. The Labute approximate surface area is 148 Å². The number of allylic oxidation sites excluding steroid dienone is 2. The van der Waals surface area contributed by atoms with Crippen molar-refractivity contribution in [1.29, 1.82) is 0 Å². The van der Waals surface area contributed by atoms with E-state index in [2.05, 4.69) is 31.2 Å².